The summed E-state index contributed by atoms with van der Waals surface area (Å²) in [5.41, 5.74) is -0.270. The molecule has 0 bridgehead atoms. The van der Waals surface area contributed by atoms with Crippen LogP contribution in [-0.2, 0) is 58.8 Å². The third-order valence-electron chi connectivity index (χ3n) is 10.6. The SMILES string of the molecule is COC(F)(F)COCC(F)(F)CC(F)(F)OC(F)(F)COCC(F)(F)CCCCCCC(CCC[Si](OC)(OC)OC)(CCC[Si](OC)(OC)OC)CCC[Si](OC)(OC)OC. The summed E-state index contributed by atoms with van der Waals surface area (Å²) in [6.07, 6.45) is -11.1. The first-order valence-electron chi connectivity index (χ1n) is 20.0. The zero-order valence-corrected chi connectivity index (χ0v) is 40.7. The molecule has 0 heterocycles. The summed E-state index contributed by atoms with van der Waals surface area (Å²) >= 11 is 0. The van der Waals surface area contributed by atoms with E-state index in [-0.39, 0.29) is 11.8 Å². The summed E-state index contributed by atoms with van der Waals surface area (Å²) in [6, 6.07) is 1.63. The Kier molecular flexibility index (Phi) is 28.3. The van der Waals surface area contributed by atoms with E-state index in [0.29, 0.717) is 70.2 Å². The van der Waals surface area contributed by atoms with Crippen LogP contribution in [-0.4, -0.2) is 154 Å². The Morgan fingerprint density at radius 1 is 0.339 bits per heavy atom. The molecule has 0 N–H and O–H groups in total. The Labute approximate surface area is 363 Å². The Balaban J connectivity index is 5.60. The molecule has 0 atom stereocenters. The van der Waals surface area contributed by atoms with E-state index in [1.165, 1.54) is 64.0 Å². The van der Waals surface area contributed by atoms with E-state index < -0.39 is 95.9 Å². The molecule has 13 nitrogen and oxygen atoms in total. The van der Waals surface area contributed by atoms with E-state index in [0.717, 1.165) is 19.3 Å². The van der Waals surface area contributed by atoms with E-state index in [1.54, 1.807) is 0 Å². The number of rotatable bonds is 41. The van der Waals surface area contributed by atoms with Crippen molar-refractivity contribution in [2.75, 3.05) is 97.5 Å². The van der Waals surface area contributed by atoms with Crippen LogP contribution in [0.5, 0.6) is 0 Å². The minimum absolute atomic E-state index is 0.0291. The van der Waals surface area contributed by atoms with Crippen molar-refractivity contribution >= 4 is 26.4 Å². The zero-order chi connectivity index (χ0) is 47.8. The van der Waals surface area contributed by atoms with E-state index in [4.69, 9.17) is 39.8 Å². The highest BCUT2D eigenvalue weighted by Crippen LogP contribution is 2.44. The van der Waals surface area contributed by atoms with Gasteiger partial charge >= 0.3 is 44.7 Å². The summed E-state index contributed by atoms with van der Waals surface area (Å²) in [5.74, 6) is -8.23. The lowest BCUT2D eigenvalue weighted by atomic mass is 9.72. The molecule has 0 fully saturated rings. The third-order valence-corrected chi connectivity index (χ3v) is 19.1. The van der Waals surface area contributed by atoms with Gasteiger partial charge < -0.3 is 54.0 Å². The molecule has 0 aliphatic carbocycles. The molecule has 0 aliphatic rings. The Morgan fingerprint density at radius 2 is 0.661 bits per heavy atom. The normalized spacial score (nSPS) is 14.3. The van der Waals surface area contributed by atoms with E-state index >= 15 is 0 Å². The van der Waals surface area contributed by atoms with Crippen LogP contribution in [0.25, 0.3) is 0 Å². The minimum Gasteiger partial charge on any atom is -0.377 e. The number of hydrogen-bond acceptors (Lipinski definition) is 13. The maximum Gasteiger partial charge on any atom is 0.500 e. The number of ether oxygens (including phenoxy) is 4. The molecule has 0 rings (SSSR count). The van der Waals surface area contributed by atoms with Crippen molar-refractivity contribution < 1.29 is 103 Å². The van der Waals surface area contributed by atoms with Gasteiger partial charge in [-0.2, -0.15) is 26.3 Å². The first-order valence-corrected chi connectivity index (χ1v) is 25.8. The molecule has 0 saturated heterocycles. The van der Waals surface area contributed by atoms with E-state index in [9.17, 15) is 43.9 Å². The molecular weight excluding hydrogens is 915 g/mol. The minimum atomic E-state index is -5.22. The van der Waals surface area contributed by atoms with Gasteiger partial charge in [0.2, 0.25) is 0 Å². The van der Waals surface area contributed by atoms with E-state index in [2.05, 4.69) is 18.9 Å². The molecule has 62 heavy (non-hydrogen) atoms. The van der Waals surface area contributed by atoms with Gasteiger partial charge in [-0.3, -0.25) is 4.74 Å². The summed E-state index contributed by atoms with van der Waals surface area (Å²) in [6.45, 7) is -7.41. The monoisotopic (exact) mass is 984 g/mol. The smallest absolute Gasteiger partial charge is 0.377 e. The zero-order valence-electron chi connectivity index (χ0n) is 37.7. The second kappa shape index (κ2) is 28.6. The van der Waals surface area contributed by atoms with Crippen molar-refractivity contribution in [3.05, 3.63) is 0 Å². The standard InChI is InChI=1S/C36H70F10O13Si3/c1-47-35(43,44)29-58-28-33(39,40)26-34(41,42)59-36(45,46)30-57-27-32(37,38)22-14-12-11-13-18-31(19-15-23-60(48-2,49-3)50-4,20-16-24-61(51-5,52-6)53-7)21-17-25-62(54-8,55-9)56-10/h11-30H2,1-10H3. The average Bonchev–Trinajstić information content (AvgIpc) is 3.20. The molecule has 26 heteroatoms. The number of alkyl halides is 10. The van der Waals surface area contributed by atoms with Crippen LogP contribution in [0.1, 0.15) is 83.5 Å². The molecular formula is C36H70F10O13Si3. The van der Waals surface area contributed by atoms with Crippen molar-refractivity contribution in [2.24, 2.45) is 5.41 Å². The number of unbranched alkanes of at least 4 members (excludes halogenated alkanes) is 3. The molecule has 0 spiro atoms. The van der Waals surface area contributed by atoms with Crippen LogP contribution in [0.4, 0.5) is 43.9 Å². The van der Waals surface area contributed by atoms with Crippen LogP contribution in [0.3, 0.4) is 0 Å². The molecule has 0 aromatic carbocycles. The van der Waals surface area contributed by atoms with Gasteiger partial charge in [0.25, 0.3) is 11.8 Å². The van der Waals surface area contributed by atoms with Crippen molar-refractivity contribution in [1.82, 2.24) is 0 Å². The van der Waals surface area contributed by atoms with Crippen LogP contribution >= 0.6 is 0 Å². The molecule has 0 unspecified atom stereocenters. The van der Waals surface area contributed by atoms with Crippen LogP contribution in [0.2, 0.25) is 18.1 Å². The Bertz CT molecular complexity index is 1090. The third kappa shape index (κ3) is 23.7. The van der Waals surface area contributed by atoms with Gasteiger partial charge in [-0.1, -0.05) is 19.3 Å². The fourth-order valence-electron chi connectivity index (χ4n) is 7.10. The maximum absolute atomic E-state index is 14.6. The second-order valence-corrected chi connectivity index (χ2v) is 24.2. The summed E-state index contributed by atoms with van der Waals surface area (Å²) in [5, 5.41) is 0. The molecule has 0 aliphatic heterocycles. The Morgan fingerprint density at radius 3 is 1.02 bits per heavy atom. The fourth-order valence-corrected chi connectivity index (χ4v) is 12.3. The molecule has 0 saturated carbocycles. The predicted octanol–water partition coefficient (Wildman–Crippen LogP) is 9.42. The van der Waals surface area contributed by atoms with Crippen molar-refractivity contribution in [3.63, 3.8) is 0 Å². The van der Waals surface area contributed by atoms with Gasteiger partial charge in [-0.15, -0.1) is 0 Å². The predicted molar refractivity (Wildman–Crippen MR) is 212 cm³/mol. The Hall–Kier alpha value is -0.569. The van der Waals surface area contributed by atoms with Gasteiger partial charge in [-0.05, 0) is 56.8 Å². The summed E-state index contributed by atoms with van der Waals surface area (Å²) < 4.78 is 205. The van der Waals surface area contributed by atoms with Gasteiger partial charge in [0.05, 0.1) is 0 Å². The summed E-state index contributed by atoms with van der Waals surface area (Å²) in [4.78, 5) is 0. The molecule has 374 valence electrons. The lowest BCUT2D eigenvalue weighted by Gasteiger charge is -2.37. The highest BCUT2D eigenvalue weighted by Gasteiger charge is 2.52. The van der Waals surface area contributed by atoms with Gasteiger partial charge in [0.1, 0.15) is 32.8 Å². The quantitative estimate of drug-likeness (QED) is 0.0329. The van der Waals surface area contributed by atoms with Crippen LogP contribution < -0.4 is 0 Å². The van der Waals surface area contributed by atoms with Crippen molar-refractivity contribution in [1.29, 1.82) is 0 Å². The maximum atomic E-state index is 14.6. The van der Waals surface area contributed by atoms with E-state index in [1.807, 2.05) is 0 Å². The first kappa shape index (κ1) is 61.4. The highest BCUT2D eigenvalue weighted by atomic mass is 28.4. The number of halogens is 10. The van der Waals surface area contributed by atoms with Crippen molar-refractivity contribution in [2.45, 2.75) is 132 Å². The lowest BCUT2D eigenvalue weighted by Crippen LogP contribution is -2.43. The first-order chi connectivity index (χ1) is 28.8. The van der Waals surface area contributed by atoms with Gasteiger partial charge in [-0.25, -0.2) is 17.6 Å². The second-order valence-electron chi connectivity index (χ2n) is 15.0. The molecule has 0 amide bonds. The lowest BCUT2D eigenvalue weighted by molar-refractivity contribution is -0.397. The molecule has 0 radical (unpaired) electrons. The van der Waals surface area contributed by atoms with Crippen LogP contribution in [0.15, 0.2) is 0 Å². The van der Waals surface area contributed by atoms with Crippen molar-refractivity contribution in [3.8, 4) is 0 Å². The number of hydrogen-bond donors (Lipinski definition) is 0. The highest BCUT2D eigenvalue weighted by molar-refractivity contribution is 6.61. The van der Waals surface area contributed by atoms with Gasteiger partial charge in [0, 0.05) is 95.7 Å². The summed E-state index contributed by atoms with van der Waals surface area (Å²) in [7, 11) is 5.65. The largest absolute Gasteiger partial charge is 0.500 e. The van der Waals surface area contributed by atoms with Gasteiger partial charge in [0.15, 0.2) is 0 Å². The topological polar surface area (TPSA) is 120 Å². The molecule has 0 aromatic heterocycles. The average molecular weight is 985 g/mol. The molecule has 0 aromatic rings. The number of methoxy groups -OCH3 is 1. The fraction of sp³-hybridized carbons (Fsp3) is 1.00. The van der Waals surface area contributed by atoms with Crippen LogP contribution in [0, 0.1) is 5.41 Å².